The van der Waals surface area contributed by atoms with E-state index in [1.807, 2.05) is 12.1 Å². The van der Waals surface area contributed by atoms with Gasteiger partial charge in [-0.15, -0.1) is 24.0 Å². The summed E-state index contributed by atoms with van der Waals surface area (Å²) < 4.78 is 39.6. The molecule has 0 fully saturated rings. The van der Waals surface area contributed by atoms with Crippen LogP contribution in [0.4, 0.5) is 24.5 Å². The molecule has 0 radical (unpaired) electrons. The number of nitrogens with one attached hydrogen (secondary N) is 2. The van der Waals surface area contributed by atoms with E-state index in [4.69, 9.17) is 5.73 Å². The summed E-state index contributed by atoms with van der Waals surface area (Å²) in [6, 6.07) is 7.57. The molecule has 2 aromatic rings. The van der Waals surface area contributed by atoms with Gasteiger partial charge in [-0.25, -0.2) is 18.2 Å². The number of nitrogens with zero attached hydrogens (tertiary/aromatic N) is 1. The van der Waals surface area contributed by atoms with Gasteiger partial charge >= 0.3 is 0 Å². The van der Waals surface area contributed by atoms with E-state index in [1.54, 1.807) is 0 Å². The molecule has 0 atom stereocenters. The van der Waals surface area contributed by atoms with Crippen LogP contribution in [0.5, 0.6) is 0 Å². The van der Waals surface area contributed by atoms with Crippen molar-refractivity contribution in [1.29, 1.82) is 0 Å². The first-order valence-electron chi connectivity index (χ1n) is 8.56. The lowest BCUT2D eigenvalue weighted by atomic mass is 9.90. The molecule has 5 nitrogen and oxygen atoms in total. The van der Waals surface area contributed by atoms with Crippen LogP contribution >= 0.6 is 24.0 Å². The first-order valence-corrected chi connectivity index (χ1v) is 8.56. The second kappa shape index (κ2) is 9.76. The standard InChI is InChI=1S/C19H19F3N4O.HI/c20-13-8-9-15(18(22)17(13)21)25-16(27)10-24-19(23)26-14-7-3-5-11-4-1-2-6-12(11)14;/h3,5,7-9H,1-2,4,6,10H2,(H,25,27)(H3,23,24,26);1H. The number of benzene rings is 2. The molecule has 150 valence electrons. The Labute approximate surface area is 177 Å². The Balaban J connectivity index is 0.00000280. The number of halogens is 4. The normalized spacial score (nSPS) is 13.3. The van der Waals surface area contributed by atoms with Crippen LogP contribution in [0.2, 0.25) is 0 Å². The number of carbonyl (C=O) groups excluding carboxylic acids is 1. The lowest BCUT2D eigenvalue weighted by Crippen LogP contribution is -2.26. The van der Waals surface area contributed by atoms with Gasteiger partial charge in [-0.3, -0.25) is 4.79 Å². The van der Waals surface area contributed by atoms with Gasteiger partial charge in [0.05, 0.1) is 5.69 Å². The van der Waals surface area contributed by atoms with E-state index in [-0.39, 0.29) is 29.9 Å². The molecule has 28 heavy (non-hydrogen) atoms. The zero-order chi connectivity index (χ0) is 19.4. The van der Waals surface area contributed by atoms with E-state index in [2.05, 4.69) is 21.7 Å². The molecule has 0 saturated carbocycles. The molecule has 1 aliphatic carbocycles. The number of guanidine groups is 1. The maximum atomic E-state index is 13.6. The van der Waals surface area contributed by atoms with E-state index in [9.17, 15) is 18.0 Å². The highest BCUT2D eigenvalue weighted by Gasteiger charge is 2.16. The Morgan fingerprint density at radius 1 is 1.00 bits per heavy atom. The average Bonchev–Trinajstić information content (AvgIpc) is 2.67. The van der Waals surface area contributed by atoms with Crippen molar-refractivity contribution in [2.75, 3.05) is 17.2 Å². The van der Waals surface area contributed by atoms with E-state index >= 15 is 0 Å². The number of anilines is 2. The van der Waals surface area contributed by atoms with Gasteiger partial charge in [-0.05, 0) is 55.0 Å². The third-order valence-corrected chi connectivity index (χ3v) is 4.36. The van der Waals surface area contributed by atoms with Crippen LogP contribution in [0.15, 0.2) is 35.3 Å². The number of hydrogen-bond acceptors (Lipinski definition) is 2. The predicted molar refractivity (Wildman–Crippen MR) is 114 cm³/mol. The van der Waals surface area contributed by atoms with Crippen LogP contribution in [0, 0.1) is 17.5 Å². The summed E-state index contributed by atoms with van der Waals surface area (Å²) in [4.78, 5) is 15.8. The average molecular weight is 504 g/mol. The molecular weight excluding hydrogens is 484 g/mol. The van der Waals surface area contributed by atoms with Crippen LogP contribution in [-0.4, -0.2) is 18.4 Å². The van der Waals surface area contributed by atoms with Gasteiger partial charge in [0.2, 0.25) is 5.91 Å². The third kappa shape index (κ3) is 5.15. The van der Waals surface area contributed by atoms with Crippen LogP contribution in [0.3, 0.4) is 0 Å². The monoisotopic (exact) mass is 504 g/mol. The Kier molecular flexibility index (Phi) is 7.67. The van der Waals surface area contributed by atoms with Gasteiger partial charge in [0.15, 0.2) is 23.4 Å². The van der Waals surface area contributed by atoms with E-state index in [0.29, 0.717) is 0 Å². The molecule has 0 heterocycles. The van der Waals surface area contributed by atoms with Crippen LogP contribution in [0.1, 0.15) is 24.0 Å². The van der Waals surface area contributed by atoms with Crippen LogP contribution in [0.25, 0.3) is 0 Å². The van der Waals surface area contributed by atoms with Crippen LogP contribution < -0.4 is 16.4 Å². The van der Waals surface area contributed by atoms with Gasteiger partial charge in [-0.1, -0.05) is 12.1 Å². The largest absolute Gasteiger partial charge is 0.370 e. The molecule has 0 spiro atoms. The zero-order valence-electron chi connectivity index (χ0n) is 14.9. The van der Waals surface area contributed by atoms with Gasteiger partial charge < -0.3 is 16.4 Å². The van der Waals surface area contributed by atoms with Gasteiger partial charge in [0.1, 0.15) is 6.54 Å². The van der Waals surface area contributed by atoms with Crippen molar-refractivity contribution in [2.45, 2.75) is 25.7 Å². The quantitative estimate of drug-likeness (QED) is 0.255. The molecule has 0 bridgehead atoms. The first-order chi connectivity index (χ1) is 13.0. The first kappa shape index (κ1) is 22.0. The highest BCUT2D eigenvalue weighted by Crippen LogP contribution is 2.27. The molecule has 0 saturated heterocycles. The smallest absolute Gasteiger partial charge is 0.246 e. The number of aryl methyl sites for hydroxylation is 1. The Morgan fingerprint density at radius 3 is 2.54 bits per heavy atom. The summed E-state index contributed by atoms with van der Waals surface area (Å²) in [6.07, 6.45) is 4.22. The number of fused-ring (bicyclic) bond motifs is 1. The Morgan fingerprint density at radius 2 is 1.75 bits per heavy atom. The molecule has 9 heteroatoms. The number of hydrogen-bond donors (Lipinski definition) is 3. The fourth-order valence-corrected chi connectivity index (χ4v) is 3.05. The molecular formula is C19H20F3IN4O. The fraction of sp³-hybridized carbons (Fsp3) is 0.263. The summed E-state index contributed by atoms with van der Waals surface area (Å²) in [6.45, 7) is -0.397. The lowest BCUT2D eigenvalue weighted by Gasteiger charge is -2.19. The topological polar surface area (TPSA) is 79.5 Å². The number of aliphatic imine (C=N–C) groups is 1. The van der Waals surface area contributed by atoms with Crippen molar-refractivity contribution in [1.82, 2.24) is 0 Å². The van der Waals surface area contributed by atoms with E-state index in [0.717, 1.165) is 43.5 Å². The van der Waals surface area contributed by atoms with Crippen molar-refractivity contribution in [3.05, 3.63) is 58.9 Å². The summed E-state index contributed by atoms with van der Waals surface area (Å²) in [7, 11) is 0. The van der Waals surface area contributed by atoms with Crippen molar-refractivity contribution in [3.63, 3.8) is 0 Å². The maximum absolute atomic E-state index is 13.6. The van der Waals surface area contributed by atoms with Crippen molar-refractivity contribution in [2.24, 2.45) is 10.7 Å². The maximum Gasteiger partial charge on any atom is 0.246 e. The number of nitrogens with two attached hydrogens (primary N) is 1. The second-order valence-electron chi connectivity index (χ2n) is 6.25. The van der Waals surface area contributed by atoms with Crippen LogP contribution in [-0.2, 0) is 17.6 Å². The summed E-state index contributed by atoms with van der Waals surface area (Å²) in [5.41, 5.74) is 8.68. The predicted octanol–water partition coefficient (Wildman–Crippen LogP) is 3.97. The van der Waals surface area contributed by atoms with Crippen molar-refractivity contribution in [3.8, 4) is 0 Å². The Hall–Kier alpha value is -2.30. The van der Waals surface area contributed by atoms with E-state index in [1.165, 1.54) is 11.1 Å². The minimum atomic E-state index is -1.65. The summed E-state index contributed by atoms with van der Waals surface area (Å²) in [5, 5.41) is 5.12. The molecule has 0 aromatic heterocycles. The second-order valence-corrected chi connectivity index (χ2v) is 6.25. The minimum Gasteiger partial charge on any atom is -0.370 e. The van der Waals surface area contributed by atoms with Gasteiger partial charge in [0.25, 0.3) is 0 Å². The van der Waals surface area contributed by atoms with Gasteiger partial charge in [-0.2, -0.15) is 0 Å². The molecule has 2 aromatic carbocycles. The highest BCUT2D eigenvalue weighted by atomic mass is 127. The molecule has 0 aliphatic heterocycles. The molecule has 1 amide bonds. The highest BCUT2D eigenvalue weighted by molar-refractivity contribution is 14.0. The summed E-state index contributed by atoms with van der Waals surface area (Å²) in [5.74, 6) is -5.11. The lowest BCUT2D eigenvalue weighted by molar-refractivity contribution is -0.114. The number of rotatable bonds is 4. The third-order valence-electron chi connectivity index (χ3n) is 4.36. The zero-order valence-corrected chi connectivity index (χ0v) is 17.2. The minimum absolute atomic E-state index is 0. The molecule has 4 N–H and O–H groups in total. The molecule has 1 aliphatic rings. The molecule has 3 rings (SSSR count). The molecule has 0 unspecified atom stereocenters. The fourth-order valence-electron chi connectivity index (χ4n) is 3.05. The SMILES string of the molecule is I.NC(=NCC(=O)Nc1ccc(F)c(F)c1F)Nc1cccc2c1CCCC2. The Bertz CT molecular complexity index is 905. The van der Waals surface area contributed by atoms with Crippen molar-refractivity contribution < 1.29 is 18.0 Å². The summed E-state index contributed by atoms with van der Waals surface area (Å²) >= 11 is 0. The van der Waals surface area contributed by atoms with Gasteiger partial charge in [0, 0.05) is 5.69 Å². The number of amides is 1. The van der Waals surface area contributed by atoms with E-state index < -0.39 is 35.6 Å². The number of carbonyl (C=O) groups is 1. The van der Waals surface area contributed by atoms with Crippen molar-refractivity contribution >= 4 is 47.2 Å².